The van der Waals surface area contributed by atoms with Crippen LogP contribution in [0.15, 0.2) is 42.6 Å². The fraction of sp³-hybridized carbons (Fsp3) is 0.385. The lowest BCUT2D eigenvalue weighted by Gasteiger charge is -2.32. The Bertz CT molecular complexity index is 2200. The molecule has 13 heteroatoms. The Kier molecular flexibility index (Phi) is 9.24. The number of halogens is 2. The summed E-state index contributed by atoms with van der Waals surface area (Å²) in [6, 6.07) is 7.74. The summed E-state index contributed by atoms with van der Waals surface area (Å²) in [5.41, 5.74) is -1.31. The van der Waals surface area contributed by atoms with Gasteiger partial charge < -0.3 is 14.7 Å². The van der Waals surface area contributed by atoms with Gasteiger partial charge in [-0.05, 0) is 88.2 Å². The average molecular weight is 706 g/mol. The second-order valence-corrected chi connectivity index (χ2v) is 14.0. The third kappa shape index (κ3) is 6.15. The second kappa shape index (κ2) is 13.8. The van der Waals surface area contributed by atoms with E-state index >= 15 is 4.39 Å². The molecule has 2 amide bonds. The Morgan fingerprint density at radius 2 is 1.94 bits per heavy atom. The van der Waals surface area contributed by atoms with Gasteiger partial charge in [-0.3, -0.25) is 24.8 Å². The van der Waals surface area contributed by atoms with Crippen LogP contribution in [0.4, 0.5) is 14.6 Å². The number of carbonyl (C=O) groups excluding carboxylic acids is 2. The molecule has 0 aliphatic carbocycles. The van der Waals surface area contributed by atoms with E-state index in [1.165, 1.54) is 36.5 Å². The van der Waals surface area contributed by atoms with E-state index in [-0.39, 0.29) is 57.0 Å². The number of amides is 2. The molecule has 266 valence electrons. The zero-order chi connectivity index (χ0) is 36.6. The van der Waals surface area contributed by atoms with Crippen LogP contribution in [-0.4, -0.2) is 75.6 Å². The van der Waals surface area contributed by atoms with E-state index in [0.717, 1.165) is 38.8 Å². The Hall–Kier alpha value is -5.66. The number of nitrogens with zero attached hydrogens (tertiary/aromatic N) is 6. The Morgan fingerprint density at radius 1 is 1.17 bits per heavy atom. The minimum atomic E-state index is -0.862. The van der Waals surface area contributed by atoms with Gasteiger partial charge >= 0.3 is 6.01 Å². The molecule has 3 saturated heterocycles. The highest BCUT2D eigenvalue weighted by atomic mass is 19.1. The topological polar surface area (TPSA) is 145 Å². The summed E-state index contributed by atoms with van der Waals surface area (Å²) >= 11 is 0. The molecule has 52 heavy (non-hydrogen) atoms. The predicted molar refractivity (Wildman–Crippen MR) is 190 cm³/mol. The van der Waals surface area contributed by atoms with Crippen molar-refractivity contribution in [2.24, 2.45) is 11.3 Å². The largest absolute Gasteiger partial charge is 0.508 e. The number of fused-ring (bicyclic) bond motifs is 3. The lowest BCUT2D eigenvalue weighted by molar-refractivity contribution is -0.121. The van der Waals surface area contributed by atoms with Crippen molar-refractivity contribution in [3.63, 3.8) is 0 Å². The number of pyridine rings is 1. The number of aromatic hydroxyl groups is 1. The monoisotopic (exact) mass is 705 g/mol. The smallest absolute Gasteiger partial charge is 0.319 e. The number of hydrogen-bond acceptors (Lipinski definition) is 10. The van der Waals surface area contributed by atoms with Crippen LogP contribution in [0, 0.1) is 46.6 Å². The SMILES string of the molecule is C#Cc1c(F)ccc2cc(O)cc(-c3ncc4c(N5CCC[C@](C)(C#N)[C@H](C=CC(=O)NC=O)C5)nc(OCC56CCCN5CCC6)nc4c3F)c12. The predicted octanol–water partition coefficient (Wildman–Crippen LogP) is 5.39. The molecule has 4 aromatic rings. The van der Waals surface area contributed by atoms with Gasteiger partial charge in [-0.2, -0.15) is 15.2 Å². The Balaban J connectivity index is 1.38. The lowest BCUT2D eigenvalue weighted by Crippen LogP contribution is -2.43. The van der Waals surface area contributed by atoms with Crippen molar-refractivity contribution in [2.45, 2.75) is 51.0 Å². The van der Waals surface area contributed by atoms with Crippen LogP contribution in [-0.2, 0) is 9.59 Å². The second-order valence-electron chi connectivity index (χ2n) is 14.0. The molecular weight excluding hydrogens is 668 g/mol. The van der Waals surface area contributed by atoms with E-state index in [0.29, 0.717) is 43.6 Å². The summed E-state index contributed by atoms with van der Waals surface area (Å²) in [4.78, 5) is 41.3. The third-order valence-corrected chi connectivity index (χ3v) is 11.0. The number of anilines is 1. The number of carbonyl (C=O) groups is 2. The number of phenols is 1. The summed E-state index contributed by atoms with van der Waals surface area (Å²) < 4.78 is 38.4. The molecule has 2 N–H and O–H groups in total. The number of terminal acetylenes is 1. The van der Waals surface area contributed by atoms with Crippen molar-refractivity contribution in [1.82, 2.24) is 25.2 Å². The van der Waals surface area contributed by atoms with Crippen molar-refractivity contribution in [2.75, 3.05) is 37.7 Å². The van der Waals surface area contributed by atoms with E-state index in [1.807, 2.05) is 11.8 Å². The first kappa shape index (κ1) is 34.8. The number of hydrogen-bond donors (Lipinski definition) is 2. The van der Waals surface area contributed by atoms with Crippen LogP contribution in [0.1, 0.15) is 51.0 Å². The van der Waals surface area contributed by atoms with Gasteiger partial charge in [0.15, 0.2) is 5.82 Å². The fourth-order valence-corrected chi connectivity index (χ4v) is 8.19. The number of ether oxygens (including phenoxy) is 1. The highest BCUT2D eigenvalue weighted by molar-refractivity contribution is 6.03. The summed E-state index contributed by atoms with van der Waals surface area (Å²) in [6.45, 7) is 4.79. The van der Waals surface area contributed by atoms with Crippen LogP contribution < -0.4 is 15.0 Å². The summed E-state index contributed by atoms with van der Waals surface area (Å²) in [5.74, 6) is -0.110. The quantitative estimate of drug-likeness (QED) is 0.139. The van der Waals surface area contributed by atoms with Crippen LogP contribution in [0.3, 0.4) is 0 Å². The molecule has 7 rings (SSSR count). The maximum Gasteiger partial charge on any atom is 0.319 e. The van der Waals surface area contributed by atoms with Crippen molar-refractivity contribution in [3.05, 3.63) is 59.8 Å². The van der Waals surface area contributed by atoms with Gasteiger partial charge in [0.2, 0.25) is 12.3 Å². The number of rotatable bonds is 8. The third-order valence-electron chi connectivity index (χ3n) is 11.0. The van der Waals surface area contributed by atoms with E-state index in [1.54, 1.807) is 6.08 Å². The first-order chi connectivity index (χ1) is 25.1. The Morgan fingerprint density at radius 3 is 2.67 bits per heavy atom. The van der Waals surface area contributed by atoms with E-state index in [9.17, 15) is 24.3 Å². The summed E-state index contributed by atoms with van der Waals surface area (Å²) in [5, 5.41) is 23.8. The van der Waals surface area contributed by atoms with Crippen molar-refractivity contribution < 1.29 is 28.2 Å². The van der Waals surface area contributed by atoms with Gasteiger partial charge in [0.1, 0.15) is 35.2 Å². The average Bonchev–Trinajstić information content (AvgIpc) is 3.67. The molecule has 2 aromatic carbocycles. The highest BCUT2D eigenvalue weighted by Gasteiger charge is 2.45. The van der Waals surface area contributed by atoms with Gasteiger partial charge in [0.05, 0.1) is 28.0 Å². The van der Waals surface area contributed by atoms with Crippen molar-refractivity contribution in [3.8, 4) is 41.4 Å². The zero-order valence-corrected chi connectivity index (χ0v) is 28.7. The Labute approximate surface area is 299 Å². The molecule has 3 aliphatic rings. The molecule has 0 spiro atoms. The molecular formula is C39H37F2N7O4. The number of benzene rings is 2. The van der Waals surface area contributed by atoms with Crippen LogP contribution >= 0.6 is 0 Å². The minimum Gasteiger partial charge on any atom is -0.508 e. The number of aromatic nitrogens is 3. The number of phenolic OH excluding ortho intramolecular Hbond substituents is 1. The maximum atomic E-state index is 17.1. The number of imide groups is 1. The molecule has 0 radical (unpaired) electrons. The molecule has 2 atom stereocenters. The molecule has 0 bridgehead atoms. The molecule has 2 aromatic heterocycles. The van der Waals surface area contributed by atoms with Crippen molar-refractivity contribution >= 4 is 39.8 Å². The molecule has 0 saturated carbocycles. The van der Waals surface area contributed by atoms with Gasteiger partial charge in [-0.15, -0.1) is 6.42 Å². The van der Waals surface area contributed by atoms with Crippen molar-refractivity contribution in [1.29, 1.82) is 5.26 Å². The van der Waals surface area contributed by atoms with Gasteiger partial charge in [-0.1, -0.05) is 18.1 Å². The van der Waals surface area contributed by atoms with Crippen LogP contribution in [0.5, 0.6) is 11.8 Å². The molecule has 11 nitrogen and oxygen atoms in total. The van der Waals surface area contributed by atoms with E-state index in [4.69, 9.17) is 16.1 Å². The normalized spacial score (nSPS) is 21.5. The minimum absolute atomic E-state index is 0.0347. The first-order valence-electron chi connectivity index (χ1n) is 17.3. The maximum absolute atomic E-state index is 17.1. The number of nitrogens with one attached hydrogen (secondary N) is 1. The van der Waals surface area contributed by atoms with E-state index < -0.39 is 28.9 Å². The van der Waals surface area contributed by atoms with Gasteiger partial charge in [0.25, 0.3) is 0 Å². The van der Waals surface area contributed by atoms with Crippen LogP contribution in [0.25, 0.3) is 32.9 Å². The molecule has 0 unspecified atom stereocenters. The number of nitriles is 1. The first-order valence-corrected chi connectivity index (χ1v) is 17.3. The lowest BCUT2D eigenvalue weighted by atomic mass is 9.75. The molecule has 3 aliphatic heterocycles. The van der Waals surface area contributed by atoms with Crippen LogP contribution in [0.2, 0.25) is 0 Å². The summed E-state index contributed by atoms with van der Waals surface area (Å²) in [7, 11) is 0. The molecule has 5 heterocycles. The van der Waals surface area contributed by atoms with Gasteiger partial charge in [-0.25, -0.2) is 8.78 Å². The summed E-state index contributed by atoms with van der Waals surface area (Å²) in [6.07, 6.45) is 15.4. The van der Waals surface area contributed by atoms with Gasteiger partial charge in [0, 0.05) is 36.2 Å². The zero-order valence-electron chi connectivity index (χ0n) is 28.7. The molecule has 3 fully saturated rings. The highest BCUT2D eigenvalue weighted by Crippen LogP contribution is 2.42. The standard InChI is InChI=1S/C39H37F2N7O4/c1-3-27-30(40)9-7-24-17-26(50)18-28(32(24)27)34-33(41)35-29(19-43-34)36(46-37(45-35)52-22-39-12-5-15-48(39)16-6-13-39)47-14-4-11-38(2,21-42)25(20-47)8-10-31(51)44-23-49/h1,7-10,17-19,23,25,50H,4-6,11-16,20,22H2,2H3,(H,44,49,51)/t25-,38-/m1/s1. The van der Waals surface area contributed by atoms with E-state index in [2.05, 4.69) is 32.2 Å². The fourth-order valence-electron chi connectivity index (χ4n) is 8.19.